The van der Waals surface area contributed by atoms with E-state index >= 15 is 8.78 Å². The number of carbonyl (C=O) groups excluding carboxylic acids is 1. The average Bonchev–Trinajstić information content (AvgIpc) is 3.48. The summed E-state index contributed by atoms with van der Waals surface area (Å²) < 4.78 is 53.0. The van der Waals surface area contributed by atoms with Gasteiger partial charge in [0.1, 0.15) is 18.2 Å². The fourth-order valence-corrected chi connectivity index (χ4v) is 4.98. The molecule has 224 valence electrons. The van der Waals surface area contributed by atoms with Gasteiger partial charge in [0.2, 0.25) is 11.6 Å². The first-order valence-electron chi connectivity index (χ1n) is 13.4. The highest BCUT2D eigenvalue weighted by atomic mass is 32.2. The predicted octanol–water partition coefficient (Wildman–Crippen LogP) is 6.35. The van der Waals surface area contributed by atoms with E-state index in [-0.39, 0.29) is 35.2 Å². The van der Waals surface area contributed by atoms with Crippen LogP contribution < -0.4 is 14.2 Å². The molecule has 12 heteroatoms. The highest BCUT2D eigenvalue weighted by Crippen LogP contribution is 2.39. The van der Waals surface area contributed by atoms with Crippen molar-refractivity contribution in [3.63, 3.8) is 0 Å². The van der Waals surface area contributed by atoms with E-state index in [9.17, 15) is 10.1 Å². The van der Waals surface area contributed by atoms with Gasteiger partial charge in [-0.2, -0.15) is 9.65 Å². The SMILES string of the molecule is COC(=O)CSc1ccc(Oc2c(F)cnc(Oc3cc(C#N)ccc3OCc3ccccc3)c2F)c(C2=NCCN2C)c1. The van der Waals surface area contributed by atoms with Crippen LogP contribution in [0.3, 0.4) is 0 Å². The minimum Gasteiger partial charge on any atom is -0.485 e. The van der Waals surface area contributed by atoms with Gasteiger partial charge >= 0.3 is 5.97 Å². The second-order valence-electron chi connectivity index (χ2n) is 9.46. The molecule has 5 rings (SSSR count). The lowest BCUT2D eigenvalue weighted by molar-refractivity contribution is -0.137. The molecule has 0 radical (unpaired) electrons. The van der Waals surface area contributed by atoms with E-state index in [1.54, 1.807) is 18.2 Å². The van der Waals surface area contributed by atoms with Crippen molar-refractivity contribution in [1.29, 1.82) is 5.26 Å². The summed E-state index contributed by atoms with van der Waals surface area (Å²) in [6, 6.07) is 20.8. The van der Waals surface area contributed by atoms with E-state index < -0.39 is 29.2 Å². The molecule has 0 fully saturated rings. The molecule has 1 aliphatic rings. The first-order valence-corrected chi connectivity index (χ1v) is 14.3. The van der Waals surface area contributed by atoms with Crippen molar-refractivity contribution in [2.75, 3.05) is 33.0 Å². The molecule has 0 N–H and O–H groups in total. The number of amidine groups is 1. The van der Waals surface area contributed by atoms with Crippen molar-refractivity contribution in [2.24, 2.45) is 4.99 Å². The molecule has 0 saturated heterocycles. The Balaban J connectivity index is 1.45. The molecule has 3 aromatic carbocycles. The lowest BCUT2D eigenvalue weighted by Crippen LogP contribution is -2.24. The molecular formula is C32H26F2N4O5S. The number of thioether (sulfide) groups is 1. The van der Waals surface area contributed by atoms with E-state index in [2.05, 4.69) is 9.98 Å². The molecule has 0 atom stereocenters. The van der Waals surface area contributed by atoms with E-state index in [0.717, 1.165) is 11.8 Å². The molecule has 0 spiro atoms. The number of carbonyl (C=O) groups is 1. The van der Waals surface area contributed by atoms with Crippen LogP contribution in [0, 0.1) is 23.0 Å². The van der Waals surface area contributed by atoms with Gasteiger partial charge in [0, 0.05) is 24.6 Å². The van der Waals surface area contributed by atoms with Crippen LogP contribution in [-0.2, 0) is 16.1 Å². The maximum Gasteiger partial charge on any atom is 0.315 e. The number of esters is 1. The molecule has 1 aliphatic heterocycles. The number of hydrogen-bond donors (Lipinski definition) is 0. The zero-order chi connectivity index (χ0) is 31.1. The maximum atomic E-state index is 15.8. The molecule has 0 amide bonds. The minimum atomic E-state index is -1.20. The van der Waals surface area contributed by atoms with Gasteiger partial charge in [-0.25, -0.2) is 9.37 Å². The van der Waals surface area contributed by atoms with Gasteiger partial charge in [0.25, 0.3) is 5.88 Å². The standard InChI is InChI=1S/C32H26F2N4O5S/c1-38-13-12-36-31(38)23-15-22(44-19-28(39)40-2)9-11-25(23)42-30-24(33)17-37-32(29(30)34)43-27-14-21(16-35)8-10-26(27)41-18-20-6-4-3-5-7-20/h3-11,14-15,17H,12-13,18-19H2,1-2H3. The predicted molar refractivity (Wildman–Crippen MR) is 159 cm³/mol. The first kappa shape index (κ1) is 30.3. The molecule has 2 heterocycles. The quantitative estimate of drug-likeness (QED) is 0.141. The number of likely N-dealkylation sites (N-methyl/N-ethyl adjacent to an activating group) is 1. The summed E-state index contributed by atoms with van der Waals surface area (Å²) in [6.07, 6.45) is 0.784. The molecule has 9 nitrogen and oxygen atoms in total. The summed E-state index contributed by atoms with van der Waals surface area (Å²) in [5.74, 6) is -2.95. The normalized spacial score (nSPS) is 12.3. The van der Waals surface area contributed by atoms with Crippen LogP contribution >= 0.6 is 11.8 Å². The summed E-state index contributed by atoms with van der Waals surface area (Å²) in [5, 5.41) is 9.41. The van der Waals surface area contributed by atoms with Crippen molar-refractivity contribution in [2.45, 2.75) is 11.5 Å². The first-order chi connectivity index (χ1) is 21.4. The molecule has 0 saturated carbocycles. The summed E-state index contributed by atoms with van der Waals surface area (Å²) in [6.45, 7) is 1.38. The fourth-order valence-electron chi connectivity index (χ4n) is 4.21. The summed E-state index contributed by atoms with van der Waals surface area (Å²) >= 11 is 1.24. The van der Waals surface area contributed by atoms with Crippen LogP contribution in [0.25, 0.3) is 0 Å². The Morgan fingerprint density at radius 2 is 1.84 bits per heavy atom. The van der Waals surface area contributed by atoms with Crippen molar-refractivity contribution in [3.05, 3.63) is 101 Å². The highest BCUT2D eigenvalue weighted by molar-refractivity contribution is 8.00. The number of pyridine rings is 1. The smallest absolute Gasteiger partial charge is 0.315 e. The Labute approximate surface area is 256 Å². The second kappa shape index (κ2) is 13.9. The molecule has 0 bridgehead atoms. The van der Waals surface area contributed by atoms with Gasteiger partial charge in [-0.05, 0) is 35.9 Å². The lowest BCUT2D eigenvalue weighted by atomic mass is 10.1. The van der Waals surface area contributed by atoms with E-state index in [1.807, 2.05) is 48.3 Å². The third-order valence-electron chi connectivity index (χ3n) is 6.46. The van der Waals surface area contributed by atoms with Crippen LogP contribution in [0.5, 0.6) is 28.9 Å². The molecule has 0 unspecified atom stereocenters. The molecule has 0 aliphatic carbocycles. The number of nitrogens with zero attached hydrogens (tertiary/aromatic N) is 4. The number of methoxy groups -OCH3 is 1. The highest BCUT2D eigenvalue weighted by Gasteiger charge is 2.25. The molecule has 44 heavy (non-hydrogen) atoms. The van der Waals surface area contributed by atoms with Gasteiger partial charge in [-0.15, -0.1) is 11.8 Å². The number of aliphatic imine (C=N–C) groups is 1. The van der Waals surface area contributed by atoms with Gasteiger partial charge < -0.3 is 23.8 Å². The van der Waals surface area contributed by atoms with Gasteiger partial charge in [-0.1, -0.05) is 30.3 Å². The Hall–Kier alpha value is -5.15. The lowest BCUT2D eigenvalue weighted by Gasteiger charge is -2.19. The van der Waals surface area contributed by atoms with E-state index in [4.69, 9.17) is 18.9 Å². The largest absolute Gasteiger partial charge is 0.485 e. The fraction of sp³-hybridized carbons (Fsp3) is 0.188. The summed E-state index contributed by atoms with van der Waals surface area (Å²) in [7, 11) is 3.15. The number of aromatic nitrogens is 1. The number of halogens is 2. The topological polar surface area (TPSA) is 106 Å². The van der Waals surface area contributed by atoms with Gasteiger partial charge in [-0.3, -0.25) is 9.79 Å². The Bertz CT molecular complexity index is 1750. The summed E-state index contributed by atoms with van der Waals surface area (Å²) in [4.78, 5) is 22.6. The van der Waals surface area contributed by atoms with Crippen LogP contribution in [0.4, 0.5) is 8.78 Å². The molecule has 4 aromatic rings. The molecular weight excluding hydrogens is 590 g/mol. The van der Waals surface area contributed by atoms with Crippen LogP contribution in [-0.4, -0.2) is 54.7 Å². The average molecular weight is 617 g/mol. The number of ether oxygens (including phenoxy) is 4. The maximum absolute atomic E-state index is 15.8. The van der Waals surface area contributed by atoms with Crippen molar-refractivity contribution >= 4 is 23.6 Å². The van der Waals surface area contributed by atoms with Crippen LogP contribution in [0.2, 0.25) is 0 Å². The second-order valence-corrected chi connectivity index (χ2v) is 10.5. The Kier molecular flexibility index (Phi) is 9.56. The Morgan fingerprint density at radius 3 is 2.57 bits per heavy atom. The Morgan fingerprint density at radius 1 is 1.05 bits per heavy atom. The van der Waals surface area contributed by atoms with Crippen LogP contribution in [0.15, 0.2) is 82.8 Å². The number of hydrogen-bond acceptors (Lipinski definition) is 10. The number of benzene rings is 3. The zero-order valence-corrected chi connectivity index (χ0v) is 24.6. The van der Waals surface area contributed by atoms with E-state index in [0.29, 0.717) is 29.4 Å². The third kappa shape index (κ3) is 7.07. The van der Waals surface area contributed by atoms with Crippen molar-refractivity contribution < 1.29 is 32.5 Å². The van der Waals surface area contributed by atoms with Gasteiger partial charge in [0.15, 0.2) is 17.3 Å². The monoisotopic (exact) mass is 616 g/mol. The zero-order valence-electron chi connectivity index (χ0n) is 23.8. The number of rotatable bonds is 11. The number of nitriles is 1. The van der Waals surface area contributed by atoms with Crippen molar-refractivity contribution in [3.8, 4) is 34.9 Å². The van der Waals surface area contributed by atoms with Gasteiger partial charge in [0.05, 0.1) is 42.8 Å². The van der Waals surface area contributed by atoms with E-state index in [1.165, 1.54) is 37.1 Å². The van der Waals surface area contributed by atoms with Crippen molar-refractivity contribution in [1.82, 2.24) is 9.88 Å². The van der Waals surface area contributed by atoms with Crippen LogP contribution in [0.1, 0.15) is 16.7 Å². The minimum absolute atomic E-state index is 0.0125. The molecule has 1 aromatic heterocycles. The third-order valence-corrected chi connectivity index (χ3v) is 7.43. The summed E-state index contributed by atoms with van der Waals surface area (Å²) in [5.41, 5.74) is 1.60.